The highest BCUT2D eigenvalue weighted by atomic mass is 32.2. The summed E-state index contributed by atoms with van der Waals surface area (Å²) in [6.45, 7) is 0.932. The molecule has 0 radical (unpaired) electrons. The van der Waals surface area contributed by atoms with Gasteiger partial charge in [0.25, 0.3) is 5.91 Å². The summed E-state index contributed by atoms with van der Waals surface area (Å²) in [6.07, 6.45) is 0. The second-order valence-electron chi connectivity index (χ2n) is 5.58. The lowest BCUT2D eigenvalue weighted by molar-refractivity contribution is -0.0328. The topological polar surface area (TPSA) is 58.6 Å². The number of rotatable bonds is 6. The summed E-state index contributed by atoms with van der Waals surface area (Å²) in [5.74, 6) is -5.26. The maximum atomic E-state index is 14.1. The molecule has 2 aromatic carbocycles. The molecule has 0 aliphatic rings. The summed E-state index contributed by atoms with van der Waals surface area (Å²) in [4.78, 5) is 24.9. The molecule has 0 heterocycles. The molecular weight excluding hydrogens is 438 g/mol. The lowest BCUT2D eigenvalue weighted by Crippen LogP contribution is -2.42. The van der Waals surface area contributed by atoms with Gasteiger partial charge in [0.05, 0.1) is 11.3 Å². The van der Waals surface area contributed by atoms with Crippen LogP contribution in [0, 0.1) is 17.5 Å². The van der Waals surface area contributed by atoms with E-state index in [1.54, 1.807) is 6.92 Å². The number of hydrogen-bond donors (Lipinski definition) is 1. The van der Waals surface area contributed by atoms with Gasteiger partial charge in [0.15, 0.2) is 11.6 Å². The maximum absolute atomic E-state index is 14.1. The molecule has 2 aromatic rings. The minimum Gasteiger partial charge on any atom is -0.361 e. The Labute approximate surface area is 171 Å². The van der Waals surface area contributed by atoms with Gasteiger partial charge in [0.2, 0.25) is 0 Å². The minimum absolute atomic E-state index is 0.0560. The van der Waals surface area contributed by atoms with Gasteiger partial charge in [-0.1, -0.05) is 6.07 Å². The molecule has 0 aromatic heterocycles. The number of amides is 3. The predicted octanol–water partition coefficient (Wildman–Crippen LogP) is 5.38. The number of nitrogens with zero attached hydrogens (tertiary/aromatic N) is 1. The summed E-state index contributed by atoms with van der Waals surface area (Å²) in [7, 11) is 0. The molecule has 0 bridgehead atoms. The van der Waals surface area contributed by atoms with Crippen LogP contribution < -0.4 is 5.32 Å². The third-order valence-electron chi connectivity index (χ3n) is 3.51. The second-order valence-corrected chi connectivity index (χ2v) is 6.71. The zero-order valence-corrected chi connectivity index (χ0v) is 16.0. The van der Waals surface area contributed by atoms with Gasteiger partial charge < -0.3 is 10.1 Å². The molecule has 3 amide bonds. The highest BCUT2D eigenvalue weighted by Crippen LogP contribution is 2.37. The van der Waals surface area contributed by atoms with Crippen molar-refractivity contribution < 1.29 is 40.7 Å². The summed E-state index contributed by atoms with van der Waals surface area (Å²) >= 11 is -0.549. The monoisotopic (exact) mass is 452 g/mol. The number of carbonyl (C=O) groups is 2. The van der Waals surface area contributed by atoms with Gasteiger partial charge in [-0.15, -0.1) is 0 Å². The van der Waals surface area contributed by atoms with Gasteiger partial charge in [-0.25, -0.2) is 22.9 Å². The fraction of sp³-hybridized carbons (Fsp3) is 0.222. The molecule has 1 N–H and O–H groups in total. The zero-order valence-electron chi connectivity index (χ0n) is 15.2. The Kier molecular flexibility index (Phi) is 7.73. The van der Waals surface area contributed by atoms with E-state index in [4.69, 9.17) is 4.74 Å². The smallest absolute Gasteiger partial charge is 0.361 e. The first kappa shape index (κ1) is 23.5. The fourth-order valence-electron chi connectivity index (χ4n) is 2.18. The fourth-order valence-corrected chi connectivity index (χ4v) is 2.75. The van der Waals surface area contributed by atoms with Gasteiger partial charge in [0, 0.05) is 11.5 Å². The van der Waals surface area contributed by atoms with E-state index in [1.807, 2.05) is 5.32 Å². The molecule has 162 valence electrons. The van der Waals surface area contributed by atoms with E-state index < -0.39 is 69.5 Å². The van der Waals surface area contributed by atoms with Gasteiger partial charge >= 0.3 is 11.5 Å². The molecule has 2 rings (SSSR count). The van der Waals surface area contributed by atoms with Crippen LogP contribution >= 0.6 is 11.8 Å². The zero-order chi connectivity index (χ0) is 22.5. The van der Waals surface area contributed by atoms with Crippen LogP contribution in [0.1, 0.15) is 17.3 Å². The van der Waals surface area contributed by atoms with Crippen LogP contribution in [-0.2, 0) is 4.74 Å². The predicted molar refractivity (Wildman–Crippen MR) is 96.4 cm³/mol. The van der Waals surface area contributed by atoms with Crippen molar-refractivity contribution in [2.45, 2.75) is 17.3 Å². The molecule has 0 aliphatic carbocycles. The summed E-state index contributed by atoms with van der Waals surface area (Å²) in [5.41, 5.74) is -5.92. The van der Waals surface area contributed by atoms with E-state index in [0.717, 1.165) is 30.3 Å². The largest absolute Gasteiger partial charge is 0.446 e. The van der Waals surface area contributed by atoms with Crippen molar-refractivity contribution >= 4 is 29.4 Å². The number of thioether (sulfide) groups is 1. The molecule has 5 nitrogen and oxygen atoms in total. The maximum Gasteiger partial charge on any atom is 0.446 e. The molecule has 0 unspecified atom stereocenters. The van der Waals surface area contributed by atoms with Crippen molar-refractivity contribution in [2.24, 2.45) is 0 Å². The highest BCUT2D eigenvalue weighted by Gasteiger charge is 2.30. The third kappa shape index (κ3) is 6.13. The number of hydrogen-bond acceptors (Lipinski definition) is 4. The first-order chi connectivity index (χ1) is 14.0. The van der Waals surface area contributed by atoms with Crippen LogP contribution in [-0.4, -0.2) is 35.7 Å². The van der Waals surface area contributed by atoms with E-state index in [1.165, 1.54) is 0 Å². The number of carbonyl (C=O) groups excluding carboxylic acids is 2. The molecule has 0 fully saturated rings. The van der Waals surface area contributed by atoms with Crippen LogP contribution in [0.2, 0.25) is 0 Å². The first-order valence-corrected chi connectivity index (χ1v) is 9.05. The second kappa shape index (κ2) is 9.85. The lowest BCUT2D eigenvalue weighted by Gasteiger charge is -2.21. The Morgan fingerprint density at radius 1 is 1.10 bits per heavy atom. The van der Waals surface area contributed by atoms with Crippen molar-refractivity contribution in [1.29, 1.82) is 0 Å². The Morgan fingerprint density at radius 3 is 2.40 bits per heavy atom. The number of urea groups is 1. The number of ether oxygens (including phenoxy) is 1. The molecule has 0 spiro atoms. The van der Waals surface area contributed by atoms with Crippen molar-refractivity contribution in [3.05, 3.63) is 59.4 Å². The SMILES string of the molecule is CCOCN(C(=O)Nc1ccc(SC(F)(F)F)cc1F)C(=O)c1cccc(F)c1F. The van der Waals surface area contributed by atoms with Crippen LogP contribution in [0.4, 0.5) is 36.8 Å². The highest BCUT2D eigenvalue weighted by molar-refractivity contribution is 8.00. The van der Waals surface area contributed by atoms with Gasteiger partial charge in [0.1, 0.15) is 12.5 Å². The first-order valence-electron chi connectivity index (χ1n) is 8.23. The normalized spacial score (nSPS) is 11.3. The van der Waals surface area contributed by atoms with E-state index in [0.29, 0.717) is 11.0 Å². The summed E-state index contributed by atoms with van der Waals surface area (Å²) < 4.78 is 83.5. The molecular formula is C18H14F6N2O3S. The van der Waals surface area contributed by atoms with Crippen molar-refractivity contribution in [1.82, 2.24) is 4.90 Å². The van der Waals surface area contributed by atoms with Crippen molar-refractivity contribution in [3.8, 4) is 0 Å². The average Bonchev–Trinajstić information content (AvgIpc) is 2.65. The minimum atomic E-state index is -4.63. The number of benzene rings is 2. The van der Waals surface area contributed by atoms with Crippen LogP contribution in [0.5, 0.6) is 0 Å². The number of nitrogens with one attached hydrogen (secondary N) is 1. The molecule has 0 saturated heterocycles. The lowest BCUT2D eigenvalue weighted by atomic mass is 10.2. The van der Waals surface area contributed by atoms with Gasteiger partial charge in [-0.2, -0.15) is 13.2 Å². The van der Waals surface area contributed by atoms with Crippen LogP contribution in [0.25, 0.3) is 0 Å². The standard InChI is InChI=1S/C18H14F6N2O3S/c1-2-29-9-26(16(27)11-4-3-5-12(19)15(11)21)17(28)25-14-7-6-10(8-13(14)20)30-18(22,23)24/h3-8H,2,9H2,1H3,(H,25,28). The Balaban J connectivity index is 2.25. The molecule has 0 aliphatic heterocycles. The molecule has 12 heteroatoms. The van der Waals surface area contributed by atoms with Crippen LogP contribution in [0.15, 0.2) is 41.3 Å². The molecule has 0 saturated carbocycles. The number of alkyl halides is 3. The number of anilines is 1. The molecule has 0 atom stereocenters. The van der Waals surface area contributed by atoms with Gasteiger partial charge in [-0.05, 0) is 49.0 Å². The van der Waals surface area contributed by atoms with E-state index >= 15 is 0 Å². The van der Waals surface area contributed by atoms with Crippen molar-refractivity contribution in [2.75, 3.05) is 18.7 Å². The van der Waals surface area contributed by atoms with Crippen LogP contribution in [0.3, 0.4) is 0 Å². The molecule has 30 heavy (non-hydrogen) atoms. The third-order valence-corrected chi connectivity index (χ3v) is 4.23. The Morgan fingerprint density at radius 2 is 1.80 bits per heavy atom. The summed E-state index contributed by atoms with van der Waals surface area (Å²) in [6, 6.07) is 3.84. The van der Waals surface area contributed by atoms with Crippen molar-refractivity contribution in [3.63, 3.8) is 0 Å². The van der Waals surface area contributed by atoms with Gasteiger partial charge in [-0.3, -0.25) is 4.79 Å². The Hall–Kier alpha value is -2.73. The number of imide groups is 1. The van der Waals surface area contributed by atoms with E-state index in [2.05, 4.69) is 0 Å². The van der Waals surface area contributed by atoms with E-state index in [-0.39, 0.29) is 6.61 Å². The summed E-state index contributed by atoms with van der Waals surface area (Å²) in [5, 5.41) is 2.00. The quantitative estimate of drug-likeness (QED) is 0.363. The average molecular weight is 452 g/mol. The number of halogens is 6. The Bertz CT molecular complexity index is 939. The van der Waals surface area contributed by atoms with E-state index in [9.17, 15) is 35.9 Å².